The number of alkyl halides is 3. The predicted octanol–water partition coefficient (Wildman–Crippen LogP) is 3.29. The molecule has 0 saturated carbocycles. The third-order valence-corrected chi connectivity index (χ3v) is 3.76. The minimum absolute atomic E-state index is 0.0727. The Morgan fingerprint density at radius 1 is 1.33 bits per heavy atom. The van der Waals surface area contributed by atoms with Crippen LogP contribution in [-0.4, -0.2) is 9.55 Å². The van der Waals surface area contributed by atoms with Gasteiger partial charge in [0.25, 0.3) is 0 Å². The summed E-state index contributed by atoms with van der Waals surface area (Å²) in [6.45, 7) is 0. The monoisotopic (exact) mass is 295 g/mol. The molecule has 0 fully saturated rings. The summed E-state index contributed by atoms with van der Waals surface area (Å²) in [5.74, 6) is 0.927. The van der Waals surface area contributed by atoms with Gasteiger partial charge in [0.1, 0.15) is 5.82 Å². The van der Waals surface area contributed by atoms with Gasteiger partial charge in [0.15, 0.2) is 0 Å². The summed E-state index contributed by atoms with van der Waals surface area (Å²) in [4.78, 5) is 4.49. The maximum atomic E-state index is 12.7. The molecule has 1 aromatic heterocycles. The van der Waals surface area contributed by atoms with Crippen molar-refractivity contribution < 1.29 is 13.2 Å². The van der Waals surface area contributed by atoms with Crippen molar-refractivity contribution in [3.05, 3.63) is 53.1 Å². The van der Waals surface area contributed by atoms with E-state index in [-0.39, 0.29) is 6.17 Å². The Morgan fingerprint density at radius 2 is 2.14 bits per heavy atom. The fourth-order valence-electron chi connectivity index (χ4n) is 2.72. The zero-order valence-electron chi connectivity index (χ0n) is 11.4. The van der Waals surface area contributed by atoms with Crippen molar-refractivity contribution in [2.45, 2.75) is 38.0 Å². The predicted molar refractivity (Wildman–Crippen MR) is 72.6 cm³/mol. The molecule has 1 unspecified atom stereocenters. The minimum atomic E-state index is -4.31. The van der Waals surface area contributed by atoms with Crippen molar-refractivity contribution >= 4 is 0 Å². The highest BCUT2D eigenvalue weighted by Gasteiger charge is 2.30. The molecule has 1 aromatic carbocycles. The smallest absolute Gasteiger partial charge is 0.319 e. The van der Waals surface area contributed by atoms with Crippen LogP contribution in [0, 0.1) is 0 Å². The normalized spacial score (nSPS) is 18.6. The maximum absolute atomic E-state index is 12.7. The topological polar surface area (TPSA) is 43.8 Å². The van der Waals surface area contributed by atoms with Crippen LogP contribution in [0.4, 0.5) is 13.2 Å². The Labute approximate surface area is 120 Å². The lowest BCUT2D eigenvalue weighted by atomic mass is 10.1. The van der Waals surface area contributed by atoms with Crippen LogP contribution in [0.5, 0.6) is 0 Å². The third-order valence-electron chi connectivity index (χ3n) is 3.76. The highest BCUT2D eigenvalue weighted by Crippen LogP contribution is 2.30. The van der Waals surface area contributed by atoms with Gasteiger partial charge >= 0.3 is 6.18 Å². The molecule has 3 nitrogen and oxygen atoms in total. The van der Waals surface area contributed by atoms with E-state index in [2.05, 4.69) is 4.98 Å². The van der Waals surface area contributed by atoms with Crippen LogP contribution >= 0.6 is 0 Å². The molecule has 2 N–H and O–H groups in total. The van der Waals surface area contributed by atoms with Crippen LogP contribution < -0.4 is 5.73 Å². The zero-order valence-corrected chi connectivity index (χ0v) is 11.4. The Morgan fingerprint density at radius 3 is 2.86 bits per heavy atom. The van der Waals surface area contributed by atoms with E-state index in [4.69, 9.17) is 5.73 Å². The number of halogens is 3. The molecule has 2 heterocycles. The average Bonchev–Trinajstić information content (AvgIpc) is 2.82. The Hall–Kier alpha value is -1.82. The summed E-state index contributed by atoms with van der Waals surface area (Å²) >= 11 is 0. The molecule has 0 radical (unpaired) electrons. The Kier molecular flexibility index (Phi) is 3.49. The second kappa shape index (κ2) is 5.18. The number of hydrogen-bond acceptors (Lipinski definition) is 2. The number of fused-ring (bicyclic) bond motifs is 1. The van der Waals surface area contributed by atoms with E-state index in [9.17, 15) is 13.2 Å². The van der Waals surface area contributed by atoms with E-state index in [0.717, 1.165) is 36.8 Å². The maximum Gasteiger partial charge on any atom is 0.416 e. The fourth-order valence-corrected chi connectivity index (χ4v) is 2.72. The number of nitrogens with two attached hydrogens (primary N) is 1. The summed E-state index contributed by atoms with van der Waals surface area (Å²) in [5, 5.41) is 0. The van der Waals surface area contributed by atoms with Gasteiger partial charge in [0.2, 0.25) is 0 Å². The first-order valence-corrected chi connectivity index (χ1v) is 6.92. The van der Waals surface area contributed by atoms with E-state index in [1.807, 2.05) is 10.8 Å². The molecule has 1 aliphatic heterocycles. The first kappa shape index (κ1) is 14.1. The summed E-state index contributed by atoms with van der Waals surface area (Å²) in [6, 6.07) is 5.38. The van der Waals surface area contributed by atoms with Crippen LogP contribution in [0.3, 0.4) is 0 Å². The highest BCUT2D eigenvalue weighted by molar-refractivity contribution is 5.29. The molecule has 0 amide bonds. The molecule has 2 aromatic rings. The van der Waals surface area contributed by atoms with Gasteiger partial charge in [0, 0.05) is 19.0 Å². The number of nitrogens with zero attached hydrogens (tertiary/aromatic N) is 2. The average molecular weight is 295 g/mol. The Bertz CT molecular complexity index is 646. The quantitative estimate of drug-likeness (QED) is 0.924. The molecule has 0 spiro atoms. The zero-order chi connectivity index (χ0) is 15.0. The van der Waals surface area contributed by atoms with Gasteiger partial charge in [-0.15, -0.1) is 0 Å². The lowest BCUT2D eigenvalue weighted by molar-refractivity contribution is -0.137. The van der Waals surface area contributed by atoms with Crippen LogP contribution in [0.25, 0.3) is 0 Å². The molecular formula is C15H16F3N3. The highest BCUT2D eigenvalue weighted by atomic mass is 19.4. The largest absolute Gasteiger partial charge is 0.416 e. The molecular weight excluding hydrogens is 279 g/mol. The summed E-state index contributed by atoms with van der Waals surface area (Å²) in [5.41, 5.74) is 6.75. The number of benzene rings is 1. The van der Waals surface area contributed by atoms with E-state index in [1.54, 1.807) is 6.07 Å². The molecule has 112 valence electrons. The van der Waals surface area contributed by atoms with Crippen LogP contribution in [-0.2, 0) is 19.0 Å². The second-order valence-electron chi connectivity index (χ2n) is 5.39. The number of aromatic nitrogens is 2. The van der Waals surface area contributed by atoms with Gasteiger partial charge < -0.3 is 10.3 Å². The van der Waals surface area contributed by atoms with E-state index >= 15 is 0 Å². The third kappa shape index (κ3) is 2.95. The van der Waals surface area contributed by atoms with Crippen molar-refractivity contribution in [2.75, 3.05) is 0 Å². The molecule has 6 heteroatoms. The van der Waals surface area contributed by atoms with Crippen LogP contribution in [0.2, 0.25) is 0 Å². The van der Waals surface area contributed by atoms with Crippen molar-refractivity contribution in [3.63, 3.8) is 0 Å². The first-order chi connectivity index (χ1) is 9.93. The molecule has 0 bridgehead atoms. The number of hydrogen-bond donors (Lipinski definition) is 1. The number of imidazole rings is 1. The summed E-state index contributed by atoms with van der Waals surface area (Å²) in [7, 11) is 0. The first-order valence-electron chi connectivity index (χ1n) is 6.92. The van der Waals surface area contributed by atoms with E-state index < -0.39 is 11.7 Å². The van der Waals surface area contributed by atoms with Crippen molar-refractivity contribution in [2.24, 2.45) is 5.73 Å². The van der Waals surface area contributed by atoms with Gasteiger partial charge in [-0.3, -0.25) is 0 Å². The minimum Gasteiger partial charge on any atom is -0.319 e. The summed E-state index contributed by atoms with van der Waals surface area (Å²) in [6.07, 6.45) is 0.641. The lowest BCUT2D eigenvalue weighted by Gasteiger charge is -2.20. The van der Waals surface area contributed by atoms with Gasteiger partial charge in [-0.25, -0.2) is 4.98 Å². The molecule has 0 saturated heterocycles. The fraction of sp³-hybridized carbons (Fsp3) is 0.400. The van der Waals surface area contributed by atoms with Crippen molar-refractivity contribution in [1.29, 1.82) is 0 Å². The SMILES string of the molecule is NC1CCCc2nc(Cc3cccc(C(F)(F)F)c3)cn21. The van der Waals surface area contributed by atoms with Gasteiger partial charge in [0.05, 0.1) is 17.4 Å². The Balaban J connectivity index is 1.84. The van der Waals surface area contributed by atoms with Gasteiger partial charge in [-0.05, 0) is 24.5 Å². The van der Waals surface area contributed by atoms with Crippen LogP contribution in [0.1, 0.15) is 41.7 Å². The molecule has 3 rings (SSSR count). The van der Waals surface area contributed by atoms with E-state index in [0.29, 0.717) is 12.0 Å². The van der Waals surface area contributed by atoms with Crippen molar-refractivity contribution in [3.8, 4) is 0 Å². The van der Waals surface area contributed by atoms with E-state index in [1.165, 1.54) is 12.1 Å². The van der Waals surface area contributed by atoms with Gasteiger partial charge in [-0.2, -0.15) is 13.2 Å². The lowest BCUT2D eigenvalue weighted by Crippen LogP contribution is -2.24. The molecule has 21 heavy (non-hydrogen) atoms. The number of rotatable bonds is 2. The standard InChI is InChI=1S/C15H16F3N3/c16-15(17,18)11-4-1-3-10(7-11)8-12-9-21-13(19)5-2-6-14(21)20-12/h1,3-4,7,9,13H,2,5-6,8,19H2. The second-order valence-corrected chi connectivity index (χ2v) is 5.39. The molecule has 1 aliphatic rings. The van der Waals surface area contributed by atoms with Crippen LogP contribution in [0.15, 0.2) is 30.5 Å². The number of aryl methyl sites for hydroxylation is 1. The van der Waals surface area contributed by atoms with Crippen molar-refractivity contribution in [1.82, 2.24) is 9.55 Å². The molecule has 1 atom stereocenters. The van der Waals surface area contributed by atoms with Gasteiger partial charge in [-0.1, -0.05) is 18.2 Å². The molecule has 0 aliphatic carbocycles. The summed E-state index contributed by atoms with van der Waals surface area (Å²) < 4.78 is 40.1.